The van der Waals surface area contributed by atoms with E-state index in [1.165, 1.54) is 28.7 Å². The SMILES string of the molecule is Cc1ccc(-c2csc3nc(CSCC(=O)NCCC(C)C)[nH]c(=O)c23)cc1. The molecular weight excluding hydrogens is 390 g/mol. The van der Waals surface area contributed by atoms with Gasteiger partial charge in [0.2, 0.25) is 5.91 Å². The smallest absolute Gasteiger partial charge is 0.260 e. The molecule has 0 radical (unpaired) electrons. The number of nitrogens with zero attached hydrogens (tertiary/aromatic N) is 1. The number of amides is 1. The standard InChI is InChI=1S/C21H25N3O2S2/c1-13(2)8-9-22-18(25)12-27-11-17-23-20(26)19-16(10-28-21(19)24-17)15-6-4-14(3)5-7-15/h4-7,10,13H,8-9,11-12H2,1-3H3,(H,22,25)(H,23,24,26). The van der Waals surface area contributed by atoms with Crippen LogP contribution in [0, 0.1) is 12.8 Å². The van der Waals surface area contributed by atoms with Crippen LogP contribution in [0.2, 0.25) is 0 Å². The van der Waals surface area contributed by atoms with Crippen LogP contribution in [0.3, 0.4) is 0 Å². The van der Waals surface area contributed by atoms with Crippen molar-refractivity contribution >= 4 is 39.2 Å². The van der Waals surface area contributed by atoms with Gasteiger partial charge in [0, 0.05) is 17.5 Å². The van der Waals surface area contributed by atoms with Crippen molar-refractivity contribution in [1.29, 1.82) is 0 Å². The van der Waals surface area contributed by atoms with Gasteiger partial charge in [-0.3, -0.25) is 9.59 Å². The van der Waals surface area contributed by atoms with Crippen molar-refractivity contribution in [2.75, 3.05) is 12.3 Å². The molecule has 0 atom stereocenters. The largest absolute Gasteiger partial charge is 0.355 e. The molecule has 0 spiro atoms. The average Bonchev–Trinajstić information content (AvgIpc) is 3.06. The molecule has 2 aromatic heterocycles. The van der Waals surface area contributed by atoms with Crippen molar-refractivity contribution in [2.45, 2.75) is 32.9 Å². The molecular formula is C21H25N3O2S2. The number of thiophene rings is 1. The van der Waals surface area contributed by atoms with Gasteiger partial charge in [-0.1, -0.05) is 43.7 Å². The van der Waals surface area contributed by atoms with E-state index in [1.807, 2.05) is 36.6 Å². The fraction of sp³-hybridized carbons (Fsp3) is 0.381. The van der Waals surface area contributed by atoms with Crippen LogP contribution in [0.25, 0.3) is 21.3 Å². The third-order valence-electron chi connectivity index (χ3n) is 4.37. The molecule has 0 aliphatic heterocycles. The second-order valence-corrected chi connectivity index (χ2v) is 9.08. The highest BCUT2D eigenvalue weighted by molar-refractivity contribution is 7.99. The lowest BCUT2D eigenvalue weighted by Crippen LogP contribution is -2.27. The maximum atomic E-state index is 12.6. The minimum absolute atomic E-state index is 0.0202. The van der Waals surface area contributed by atoms with Gasteiger partial charge < -0.3 is 10.3 Å². The van der Waals surface area contributed by atoms with Crippen LogP contribution in [-0.2, 0) is 10.5 Å². The normalized spacial score (nSPS) is 11.3. The molecule has 5 nitrogen and oxygen atoms in total. The van der Waals surface area contributed by atoms with Crippen molar-refractivity contribution in [3.63, 3.8) is 0 Å². The van der Waals surface area contributed by atoms with Crippen molar-refractivity contribution in [1.82, 2.24) is 15.3 Å². The van der Waals surface area contributed by atoms with E-state index in [-0.39, 0.29) is 11.5 Å². The number of carbonyl (C=O) groups excluding carboxylic acids is 1. The van der Waals surface area contributed by atoms with Crippen LogP contribution in [-0.4, -0.2) is 28.2 Å². The van der Waals surface area contributed by atoms with Gasteiger partial charge in [0.15, 0.2) is 0 Å². The maximum absolute atomic E-state index is 12.6. The topological polar surface area (TPSA) is 74.8 Å². The Balaban J connectivity index is 1.65. The molecule has 3 rings (SSSR count). The van der Waals surface area contributed by atoms with Crippen LogP contribution in [0.5, 0.6) is 0 Å². The third-order valence-corrected chi connectivity index (χ3v) is 6.19. The molecule has 7 heteroatoms. The number of hydrogen-bond donors (Lipinski definition) is 2. The van der Waals surface area contributed by atoms with Gasteiger partial charge >= 0.3 is 0 Å². The lowest BCUT2D eigenvalue weighted by atomic mass is 10.1. The van der Waals surface area contributed by atoms with Gasteiger partial charge in [-0.2, -0.15) is 0 Å². The van der Waals surface area contributed by atoms with E-state index >= 15 is 0 Å². The number of fused-ring (bicyclic) bond motifs is 1. The Bertz CT molecular complexity index is 1010. The molecule has 148 valence electrons. The van der Waals surface area contributed by atoms with Crippen LogP contribution < -0.4 is 10.9 Å². The first-order chi connectivity index (χ1) is 13.4. The molecule has 0 bridgehead atoms. The fourth-order valence-electron chi connectivity index (χ4n) is 2.80. The Hall–Kier alpha value is -2.12. The number of nitrogens with one attached hydrogen (secondary N) is 2. The lowest BCUT2D eigenvalue weighted by molar-refractivity contribution is -0.118. The van der Waals surface area contributed by atoms with E-state index in [9.17, 15) is 9.59 Å². The van der Waals surface area contributed by atoms with Crippen LogP contribution in [0.15, 0.2) is 34.4 Å². The van der Waals surface area contributed by atoms with E-state index in [4.69, 9.17) is 0 Å². The second kappa shape index (κ2) is 9.39. The number of aryl methyl sites for hydroxylation is 1. The summed E-state index contributed by atoms with van der Waals surface area (Å²) in [7, 11) is 0. The van der Waals surface area contributed by atoms with Gasteiger partial charge in [-0.05, 0) is 24.8 Å². The number of benzene rings is 1. The molecule has 0 unspecified atom stereocenters. The van der Waals surface area contributed by atoms with Crippen LogP contribution >= 0.6 is 23.1 Å². The predicted octanol–water partition coefficient (Wildman–Crippen LogP) is 4.36. The fourth-order valence-corrected chi connectivity index (χ4v) is 4.49. The van der Waals surface area contributed by atoms with Gasteiger partial charge in [0.05, 0.1) is 16.9 Å². The summed E-state index contributed by atoms with van der Waals surface area (Å²) in [5.74, 6) is 2.06. The quantitative estimate of drug-likeness (QED) is 0.573. The second-order valence-electron chi connectivity index (χ2n) is 7.23. The third kappa shape index (κ3) is 5.23. The predicted molar refractivity (Wildman–Crippen MR) is 119 cm³/mol. The van der Waals surface area contributed by atoms with Crippen LogP contribution in [0.4, 0.5) is 0 Å². The first-order valence-corrected chi connectivity index (χ1v) is 11.4. The number of thioether (sulfide) groups is 1. The minimum Gasteiger partial charge on any atom is -0.355 e. The molecule has 1 amide bonds. The molecule has 0 fully saturated rings. The van der Waals surface area contributed by atoms with E-state index in [0.717, 1.165) is 22.4 Å². The molecule has 0 saturated heterocycles. The molecule has 0 aliphatic carbocycles. The summed E-state index contributed by atoms with van der Waals surface area (Å²) in [5.41, 5.74) is 2.99. The number of H-pyrrole nitrogens is 1. The maximum Gasteiger partial charge on any atom is 0.260 e. The first-order valence-electron chi connectivity index (χ1n) is 9.36. The van der Waals surface area contributed by atoms with Gasteiger partial charge in [0.25, 0.3) is 5.56 Å². The Kier molecular flexibility index (Phi) is 6.91. The number of rotatable bonds is 8. The van der Waals surface area contributed by atoms with Crippen molar-refractivity contribution < 1.29 is 4.79 Å². The first kappa shape index (κ1) is 20.6. The zero-order valence-electron chi connectivity index (χ0n) is 16.4. The summed E-state index contributed by atoms with van der Waals surface area (Å²) < 4.78 is 0. The zero-order chi connectivity index (χ0) is 20.1. The molecule has 2 N–H and O–H groups in total. The van der Waals surface area contributed by atoms with E-state index in [2.05, 4.69) is 29.1 Å². The van der Waals surface area contributed by atoms with E-state index in [1.54, 1.807) is 0 Å². The summed E-state index contributed by atoms with van der Waals surface area (Å²) in [4.78, 5) is 32.7. The van der Waals surface area contributed by atoms with Gasteiger partial charge in [-0.25, -0.2) is 4.98 Å². The summed E-state index contributed by atoms with van der Waals surface area (Å²) in [6.45, 7) is 7.01. The number of hydrogen-bond acceptors (Lipinski definition) is 5. The van der Waals surface area contributed by atoms with Crippen molar-refractivity contribution in [3.8, 4) is 11.1 Å². The zero-order valence-corrected chi connectivity index (χ0v) is 18.0. The molecule has 0 aliphatic rings. The van der Waals surface area contributed by atoms with E-state index < -0.39 is 0 Å². The Labute approximate surface area is 173 Å². The summed E-state index contributed by atoms with van der Waals surface area (Å²) >= 11 is 2.93. The van der Waals surface area contributed by atoms with Crippen molar-refractivity contribution in [2.24, 2.45) is 5.92 Å². The lowest BCUT2D eigenvalue weighted by Gasteiger charge is -2.07. The monoisotopic (exact) mass is 415 g/mol. The van der Waals surface area contributed by atoms with E-state index in [0.29, 0.717) is 35.2 Å². The number of aromatic nitrogens is 2. The molecule has 28 heavy (non-hydrogen) atoms. The van der Waals surface area contributed by atoms with Gasteiger partial charge in [0.1, 0.15) is 10.7 Å². The summed E-state index contributed by atoms with van der Waals surface area (Å²) in [6.07, 6.45) is 0.976. The Morgan fingerprint density at radius 2 is 2.04 bits per heavy atom. The molecule has 0 saturated carbocycles. The summed E-state index contributed by atoms with van der Waals surface area (Å²) in [5, 5.41) is 5.53. The average molecular weight is 416 g/mol. The Morgan fingerprint density at radius 1 is 1.29 bits per heavy atom. The molecule has 2 heterocycles. The number of aromatic amines is 1. The number of carbonyl (C=O) groups is 1. The highest BCUT2D eigenvalue weighted by atomic mass is 32.2. The van der Waals surface area contributed by atoms with Crippen molar-refractivity contribution in [3.05, 3.63) is 51.4 Å². The molecule has 3 aromatic rings. The Morgan fingerprint density at radius 3 is 2.75 bits per heavy atom. The highest BCUT2D eigenvalue weighted by Gasteiger charge is 2.13. The van der Waals surface area contributed by atoms with Crippen LogP contribution in [0.1, 0.15) is 31.7 Å². The molecule has 1 aromatic carbocycles. The summed E-state index contributed by atoms with van der Waals surface area (Å²) in [6, 6.07) is 8.13. The minimum atomic E-state index is -0.126. The highest BCUT2D eigenvalue weighted by Crippen LogP contribution is 2.31. The van der Waals surface area contributed by atoms with Gasteiger partial charge in [-0.15, -0.1) is 23.1 Å².